The molecule has 3 aliphatic rings. The molecule has 2 aliphatic heterocycles. The van der Waals surface area contributed by atoms with Crippen LogP contribution in [0, 0.1) is 0 Å². The van der Waals surface area contributed by atoms with Crippen molar-refractivity contribution in [1.82, 2.24) is 4.90 Å². The second-order valence-corrected chi connectivity index (χ2v) is 6.43. The molecule has 2 heterocycles. The van der Waals surface area contributed by atoms with Crippen molar-refractivity contribution in [2.24, 2.45) is 0 Å². The maximum Gasteiger partial charge on any atom is 0.166 e. The zero-order valence-electron chi connectivity index (χ0n) is 12.5. The number of hydrogen-bond donors (Lipinski definition) is 1. The van der Waals surface area contributed by atoms with E-state index in [-0.39, 0.29) is 11.5 Å². The van der Waals surface area contributed by atoms with Gasteiger partial charge in [-0.1, -0.05) is 18.2 Å². The summed E-state index contributed by atoms with van der Waals surface area (Å²) < 4.78 is 11.8. The Morgan fingerprint density at radius 3 is 3.10 bits per heavy atom. The van der Waals surface area contributed by atoms with E-state index in [1.54, 1.807) is 7.11 Å². The lowest BCUT2D eigenvalue weighted by molar-refractivity contribution is 0.0821. The maximum atomic E-state index is 9.97. The average molecular weight is 286 g/mol. The second-order valence-electron chi connectivity index (χ2n) is 6.43. The minimum atomic E-state index is -0.412. The van der Waals surface area contributed by atoms with Gasteiger partial charge in [0.1, 0.15) is 6.10 Å². The van der Waals surface area contributed by atoms with E-state index in [9.17, 15) is 5.11 Å². The standard InChI is InChI=1S/C17H21NO3/c1-18-8-7-17-6-5-12(19)9-14(17)21-16-13(20-2)4-3-11(10-18)15(16)17/h3-6,12,14,19H,7-10H2,1-2H3/t12-,14-,17-/m1/s1/i1-1. The van der Waals surface area contributed by atoms with Gasteiger partial charge < -0.3 is 19.5 Å². The van der Waals surface area contributed by atoms with E-state index in [1.165, 1.54) is 11.1 Å². The molecule has 21 heavy (non-hydrogen) atoms. The first-order valence-electron chi connectivity index (χ1n) is 7.57. The second kappa shape index (κ2) is 4.49. The van der Waals surface area contributed by atoms with Gasteiger partial charge in [-0.25, -0.2) is 0 Å². The van der Waals surface area contributed by atoms with E-state index in [1.807, 2.05) is 12.1 Å². The third-order valence-electron chi connectivity index (χ3n) is 5.15. The van der Waals surface area contributed by atoms with Gasteiger partial charge in [0, 0.05) is 18.5 Å². The number of methoxy groups -OCH3 is 1. The molecule has 1 aliphatic carbocycles. The van der Waals surface area contributed by atoms with Crippen molar-refractivity contribution < 1.29 is 14.6 Å². The first kappa shape index (κ1) is 13.2. The van der Waals surface area contributed by atoms with Crippen LogP contribution < -0.4 is 9.47 Å². The Morgan fingerprint density at radius 1 is 1.43 bits per heavy atom. The molecule has 1 spiro atoms. The van der Waals surface area contributed by atoms with E-state index >= 15 is 0 Å². The molecule has 0 bridgehead atoms. The Balaban J connectivity index is 1.95. The van der Waals surface area contributed by atoms with Crippen LogP contribution in [0.5, 0.6) is 11.5 Å². The van der Waals surface area contributed by atoms with Crippen LogP contribution in [0.25, 0.3) is 0 Å². The fourth-order valence-electron chi connectivity index (χ4n) is 4.08. The van der Waals surface area contributed by atoms with Crippen molar-refractivity contribution in [2.45, 2.75) is 37.0 Å². The number of aliphatic hydroxyl groups excluding tert-OH is 1. The smallest absolute Gasteiger partial charge is 0.166 e. The van der Waals surface area contributed by atoms with Crippen LogP contribution in [0.4, 0.5) is 0 Å². The summed E-state index contributed by atoms with van der Waals surface area (Å²) in [6.07, 6.45) is 5.38. The summed E-state index contributed by atoms with van der Waals surface area (Å²) in [4.78, 5) is 2.35. The van der Waals surface area contributed by atoms with Crippen LogP contribution >= 0.6 is 0 Å². The van der Waals surface area contributed by atoms with E-state index in [0.29, 0.717) is 6.42 Å². The molecule has 4 rings (SSSR count). The lowest BCUT2D eigenvalue weighted by atomic mass is 9.69. The van der Waals surface area contributed by atoms with E-state index < -0.39 is 6.10 Å². The van der Waals surface area contributed by atoms with Gasteiger partial charge in [0.05, 0.1) is 18.6 Å². The fourth-order valence-corrected chi connectivity index (χ4v) is 4.08. The van der Waals surface area contributed by atoms with Crippen molar-refractivity contribution in [2.75, 3.05) is 20.7 Å². The number of ether oxygens (including phenoxy) is 2. The predicted molar refractivity (Wildman–Crippen MR) is 79.8 cm³/mol. The Morgan fingerprint density at radius 2 is 2.29 bits per heavy atom. The van der Waals surface area contributed by atoms with E-state index in [0.717, 1.165) is 31.0 Å². The van der Waals surface area contributed by atoms with Crippen LogP contribution in [-0.2, 0) is 12.0 Å². The summed E-state index contributed by atoms with van der Waals surface area (Å²) in [6, 6.07) is 4.16. The zero-order valence-corrected chi connectivity index (χ0v) is 12.5. The molecule has 112 valence electrons. The highest BCUT2D eigenvalue weighted by Crippen LogP contribution is 2.55. The van der Waals surface area contributed by atoms with Gasteiger partial charge in [-0.2, -0.15) is 0 Å². The molecule has 0 saturated carbocycles. The molecule has 0 radical (unpaired) electrons. The topological polar surface area (TPSA) is 41.9 Å². The monoisotopic (exact) mass is 286 g/mol. The van der Waals surface area contributed by atoms with E-state index in [4.69, 9.17) is 9.47 Å². The van der Waals surface area contributed by atoms with Crippen LogP contribution in [0.15, 0.2) is 24.3 Å². The SMILES string of the molecule is COc1ccc2c3c1O[C@@H]1C[C@H](O)C=C[C@]31CCN([11CH3])C2. The van der Waals surface area contributed by atoms with Crippen LogP contribution in [-0.4, -0.2) is 42.9 Å². The van der Waals surface area contributed by atoms with Gasteiger partial charge in [-0.15, -0.1) is 0 Å². The number of aliphatic hydroxyl groups is 1. The predicted octanol–water partition coefficient (Wildman–Crippen LogP) is 1.85. The number of rotatable bonds is 1. The third-order valence-corrected chi connectivity index (χ3v) is 5.15. The molecule has 4 heteroatoms. The lowest BCUT2D eigenvalue weighted by Crippen LogP contribution is -2.42. The zero-order chi connectivity index (χ0) is 14.6. The maximum absolute atomic E-state index is 9.97. The van der Waals surface area contributed by atoms with Crippen molar-refractivity contribution in [3.63, 3.8) is 0 Å². The molecule has 0 unspecified atom stereocenters. The summed E-state index contributed by atoms with van der Waals surface area (Å²) in [7, 11) is 3.84. The van der Waals surface area contributed by atoms with Gasteiger partial charge in [0.2, 0.25) is 0 Å². The Labute approximate surface area is 125 Å². The molecular weight excluding hydrogens is 265 g/mol. The van der Waals surface area contributed by atoms with Crippen LogP contribution in [0.2, 0.25) is 0 Å². The molecule has 4 nitrogen and oxygen atoms in total. The summed E-state index contributed by atoms with van der Waals surface area (Å²) in [5.74, 6) is 1.68. The van der Waals surface area contributed by atoms with Crippen molar-refractivity contribution in [1.29, 1.82) is 0 Å². The highest BCUT2D eigenvalue weighted by atomic mass is 16.5. The van der Waals surface area contributed by atoms with E-state index in [2.05, 4.69) is 24.1 Å². The Bertz CT molecular complexity index is 612. The molecule has 0 amide bonds. The minimum absolute atomic E-state index is 0.00838. The molecule has 0 fully saturated rings. The summed E-state index contributed by atoms with van der Waals surface area (Å²) in [6.45, 7) is 1.96. The number of nitrogens with zero attached hydrogens (tertiary/aromatic N) is 1. The average Bonchev–Trinajstić information content (AvgIpc) is 2.72. The molecule has 1 N–H and O–H groups in total. The van der Waals surface area contributed by atoms with Crippen molar-refractivity contribution >= 4 is 0 Å². The first-order valence-corrected chi connectivity index (χ1v) is 7.57. The number of hydrogen-bond acceptors (Lipinski definition) is 4. The largest absolute Gasteiger partial charge is 0.493 e. The van der Waals surface area contributed by atoms with Crippen LogP contribution in [0.3, 0.4) is 0 Å². The van der Waals surface area contributed by atoms with Gasteiger partial charge in [0.15, 0.2) is 11.5 Å². The van der Waals surface area contributed by atoms with Gasteiger partial charge >= 0.3 is 0 Å². The highest BCUT2D eigenvalue weighted by molar-refractivity contribution is 5.60. The number of benzene rings is 1. The lowest BCUT2D eigenvalue weighted by Gasteiger charge is -2.35. The van der Waals surface area contributed by atoms with Crippen molar-refractivity contribution in [3.8, 4) is 11.5 Å². The quantitative estimate of drug-likeness (QED) is 0.800. The first-order chi connectivity index (χ1) is 10.1. The molecule has 3 atom stereocenters. The van der Waals surface area contributed by atoms with Gasteiger partial charge in [0.25, 0.3) is 0 Å². The molecular formula is C17H21NO3. The molecule has 1 aromatic rings. The minimum Gasteiger partial charge on any atom is -0.493 e. The highest BCUT2D eigenvalue weighted by Gasteiger charge is 2.52. The summed E-state index contributed by atoms with van der Waals surface area (Å²) in [5.41, 5.74) is 2.48. The van der Waals surface area contributed by atoms with Crippen molar-refractivity contribution in [3.05, 3.63) is 35.4 Å². The summed E-state index contributed by atoms with van der Waals surface area (Å²) in [5, 5.41) is 9.97. The molecule has 0 aromatic heterocycles. The molecule has 1 aromatic carbocycles. The normalized spacial score (nSPS) is 33.9. The molecule has 0 saturated heterocycles. The Kier molecular flexibility index (Phi) is 2.81. The Hall–Kier alpha value is -1.52. The van der Waals surface area contributed by atoms with Gasteiger partial charge in [-0.3, -0.25) is 0 Å². The summed E-state index contributed by atoms with van der Waals surface area (Å²) >= 11 is 0. The van der Waals surface area contributed by atoms with Gasteiger partial charge in [-0.05, 0) is 31.6 Å². The third kappa shape index (κ3) is 1.75. The van der Waals surface area contributed by atoms with Crippen LogP contribution in [0.1, 0.15) is 24.0 Å². The fraction of sp³-hybridized carbons (Fsp3) is 0.529.